The predicted molar refractivity (Wildman–Crippen MR) is 162 cm³/mol. The highest BCUT2D eigenvalue weighted by Crippen LogP contribution is 2.32. The third-order valence-corrected chi connectivity index (χ3v) is 8.10. The normalized spacial score (nSPS) is 18.0. The summed E-state index contributed by atoms with van der Waals surface area (Å²) in [6.07, 6.45) is 1.64. The molecule has 13 heteroatoms. The Kier molecular flexibility index (Phi) is 9.85. The third-order valence-electron chi connectivity index (χ3n) is 8.10. The lowest BCUT2D eigenvalue weighted by molar-refractivity contribution is -0.132. The van der Waals surface area contributed by atoms with Gasteiger partial charge in [0.25, 0.3) is 11.8 Å². The fourth-order valence-corrected chi connectivity index (χ4v) is 5.64. The molecule has 5 rings (SSSR count). The molecule has 2 fully saturated rings. The highest BCUT2D eigenvalue weighted by molar-refractivity contribution is 6.07. The molecule has 236 valence electrons. The van der Waals surface area contributed by atoms with Gasteiger partial charge in [-0.05, 0) is 41.8 Å². The van der Waals surface area contributed by atoms with Crippen LogP contribution in [0.25, 0.3) is 22.0 Å². The Balaban J connectivity index is 1.13. The Labute approximate surface area is 259 Å². The quantitative estimate of drug-likeness (QED) is 0.329. The molecule has 0 spiro atoms. The highest BCUT2D eigenvalue weighted by atomic mass is 19.3. The summed E-state index contributed by atoms with van der Waals surface area (Å²) in [7, 11) is 0. The lowest BCUT2D eigenvalue weighted by atomic mass is 10.0. The Morgan fingerprint density at radius 3 is 2.49 bits per heavy atom. The second-order valence-corrected chi connectivity index (χ2v) is 11.2. The number of hydrogen-bond acceptors (Lipinski definition) is 8. The first-order chi connectivity index (χ1) is 21.7. The van der Waals surface area contributed by atoms with E-state index in [0.717, 1.165) is 47.8 Å². The molecule has 3 N–H and O–H groups in total. The number of rotatable bonds is 10. The number of likely N-dealkylation sites (tertiary alicyclic amines) is 1. The first kappa shape index (κ1) is 31.7. The van der Waals surface area contributed by atoms with E-state index in [4.69, 9.17) is 15.7 Å². The van der Waals surface area contributed by atoms with Gasteiger partial charge in [0.1, 0.15) is 11.8 Å². The zero-order valence-electron chi connectivity index (χ0n) is 24.8. The topological polar surface area (TPSA) is 145 Å². The Bertz CT molecular complexity index is 1590. The first-order valence-electron chi connectivity index (χ1n) is 14.8. The van der Waals surface area contributed by atoms with Crippen LogP contribution in [-0.4, -0.2) is 108 Å². The summed E-state index contributed by atoms with van der Waals surface area (Å²) in [6.45, 7) is 3.24. The predicted octanol–water partition coefficient (Wildman–Crippen LogP) is 2.26. The molecular weight excluding hydrogens is 584 g/mol. The number of nitrogens with two attached hydrogens (primary N) is 1. The van der Waals surface area contributed by atoms with Gasteiger partial charge in [0.2, 0.25) is 11.8 Å². The largest absolute Gasteiger partial charge is 0.494 e. The Morgan fingerprint density at radius 1 is 1.04 bits per heavy atom. The monoisotopic (exact) mass is 619 g/mol. The molecule has 3 heterocycles. The van der Waals surface area contributed by atoms with Crippen LogP contribution in [0.15, 0.2) is 54.7 Å². The summed E-state index contributed by atoms with van der Waals surface area (Å²) < 4.78 is 33.3. The van der Waals surface area contributed by atoms with E-state index < -0.39 is 43.3 Å². The Hall–Kier alpha value is -4.67. The minimum absolute atomic E-state index is 0.00645. The van der Waals surface area contributed by atoms with Crippen LogP contribution in [-0.2, 0) is 9.59 Å². The third kappa shape index (κ3) is 7.71. The molecule has 3 amide bonds. The van der Waals surface area contributed by atoms with Gasteiger partial charge in [0, 0.05) is 50.7 Å². The average molecular weight is 620 g/mol. The van der Waals surface area contributed by atoms with Crippen molar-refractivity contribution < 1.29 is 27.9 Å². The van der Waals surface area contributed by atoms with E-state index in [-0.39, 0.29) is 18.0 Å². The molecule has 0 saturated carbocycles. The number of nitrogens with zero attached hydrogens (tertiary/aromatic N) is 5. The Morgan fingerprint density at radius 2 is 1.78 bits per heavy atom. The number of fused-ring (bicyclic) bond motifs is 1. The molecule has 3 aromatic rings. The number of alkyl halides is 2. The van der Waals surface area contributed by atoms with Crippen molar-refractivity contribution in [3.05, 3.63) is 60.3 Å². The molecule has 1 atom stereocenters. The van der Waals surface area contributed by atoms with Crippen molar-refractivity contribution >= 4 is 28.6 Å². The molecule has 45 heavy (non-hydrogen) atoms. The van der Waals surface area contributed by atoms with Crippen LogP contribution in [0.2, 0.25) is 0 Å². The highest BCUT2D eigenvalue weighted by Gasteiger charge is 2.47. The van der Waals surface area contributed by atoms with Crippen molar-refractivity contribution in [1.29, 1.82) is 5.26 Å². The van der Waals surface area contributed by atoms with Gasteiger partial charge in [-0.2, -0.15) is 5.26 Å². The minimum Gasteiger partial charge on any atom is -0.494 e. The van der Waals surface area contributed by atoms with Crippen LogP contribution in [0.3, 0.4) is 0 Å². The van der Waals surface area contributed by atoms with Gasteiger partial charge in [-0.15, -0.1) is 0 Å². The smallest absolute Gasteiger partial charge is 0.268 e. The number of nitriles is 1. The van der Waals surface area contributed by atoms with E-state index in [9.17, 15) is 23.2 Å². The van der Waals surface area contributed by atoms with Crippen molar-refractivity contribution in [2.45, 2.75) is 24.8 Å². The van der Waals surface area contributed by atoms with E-state index in [2.05, 4.69) is 15.2 Å². The van der Waals surface area contributed by atoms with Gasteiger partial charge in [0.15, 0.2) is 0 Å². The SMILES string of the molecule is N#C[C@@H]1CC(F)(F)CN1C(=O)CNC(=O)c1ccnc2cc(-c3ccc(OCCCN4CCN(C(=O)CN)CC4)cc3)ccc12. The molecule has 2 aliphatic rings. The maximum atomic E-state index is 13.7. The summed E-state index contributed by atoms with van der Waals surface area (Å²) in [5, 5.41) is 12.2. The van der Waals surface area contributed by atoms with Gasteiger partial charge >= 0.3 is 0 Å². The molecular formula is C32H35F2N7O4. The second-order valence-electron chi connectivity index (χ2n) is 11.2. The number of halogens is 2. The fourth-order valence-electron chi connectivity index (χ4n) is 5.64. The summed E-state index contributed by atoms with van der Waals surface area (Å²) >= 11 is 0. The number of ether oxygens (including phenoxy) is 1. The lowest BCUT2D eigenvalue weighted by Gasteiger charge is -2.34. The summed E-state index contributed by atoms with van der Waals surface area (Å²) in [4.78, 5) is 46.5. The molecule has 0 bridgehead atoms. The number of carbonyl (C=O) groups excluding carboxylic acids is 3. The zero-order valence-corrected chi connectivity index (χ0v) is 24.8. The van der Waals surface area contributed by atoms with E-state index in [1.165, 1.54) is 12.3 Å². The number of piperazine rings is 1. The fraction of sp³-hybridized carbons (Fsp3) is 0.406. The first-order valence-corrected chi connectivity index (χ1v) is 14.8. The van der Waals surface area contributed by atoms with Crippen LogP contribution < -0.4 is 15.8 Å². The molecule has 2 aliphatic heterocycles. The molecule has 2 aromatic carbocycles. The van der Waals surface area contributed by atoms with Gasteiger partial charge in [-0.3, -0.25) is 24.3 Å². The van der Waals surface area contributed by atoms with E-state index in [0.29, 0.717) is 30.6 Å². The zero-order chi connectivity index (χ0) is 32.0. The van der Waals surface area contributed by atoms with E-state index in [1.54, 1.807) is 17.0 Å². The van der Waals surface area contributed by atoms with Gasteiger partial charge in [-0.25, -0.2) is 8.78 Å². The number of hydrogen-bond donors (Lipinski definition) is 2. The van der Waals surface area contributed by atoms with Gasteiger partial charge in [0.05, 0.1) is 43.4 Å². The number of aromatic nitrogens is 1. The van der Waals surface area contributed by atoms with Crippen LogP contribution in [0.5, 0.6) is 5.75 Å². The van der Waals surface area contributed by atoms with Gasteiger partial charge in [-0.1, -0.05) is 24.3 Å². The second kappa shape index (κ2) is 14.0. The standard InChI is InChI=1S/C32H35F2N7O4/c33-32(34)17-24(18-35)41(21-32)30(43)20-38-31(44)27-8-9-37-28-16-23(4-7-26(27)28)22-2-5-25(6-3-22)45-15-1-10-39-11-13-40(14-12-39)29(42)19-36/h2-9,16,24H,1,10-15,17,19-21,36H2,(H,38,44)/t24-/m0/s1. The van der Waals surface area contributed by atoms with Crippen LogP contribution in [0.1, 0.15) is 23.2 Å². The van der Waals surface area contributed by atoms with Crippen molar-refractivity contribution in [1.82, 2.24) is 25.0 Å². The number of benzene rings is 2. The lowest BCUT2D eigenvalue weighted by Crippen LogP contribution is -2.50. The van der Waals surface area contributed by atoms with Crippen molar-refractivity contribution in [2.24, 2.45) is 5.73 Å². The van der Waals surface area contributed by atoms with Crippen LogP contribution in [0, 0.1) is 11.3 Å². The van der Waals surface area contributed by atoms with Crippen molar-refractivity contribution in [3.8, 4) is 22.9 Å². The number of amides is 3. The molecule has 0 unspecified atom stereocenters. The molecule has 1 aromatic heterocycles. The van der Waals surface area contributed by atoms with Gasteiger partial charge < -0.3 is 25.6 Å². The van der Waals surface area contributed by atoms with E-state index in [1.807, 2.05) is 36.4 Å². The molecule has 11 nitrogen and oxygen atoms in total. The molecule has 0 aliphatic carbocycles. The number of nitrogens with one attached hydrogen (secondary N) is 1. The molecule has 0 radical (unpaired) electrons. The number of pyridine rings is 1. The summed E-state index contributed by atoms with van der Waals surface area (Å²) in [5.74, 6) is -3.67. The van der Waals surface area contributed by atoms with Crippen molar-refractivity contribution in [2.75, 3.05) is 59.0 Å². The minimum atomic E-state index is -3.13. The van der Waals surface area contributed by atoms with Crippen LogP contribution in [0.4, 0.5) is 8.78 Å². The maximum Gasteiger partial charge on any atom is 0.268 e. The van der Waals surface area contributed by atoms with Crippen molar-refractivity contribution in [3.63, 3.8) is 0 Å². The summed E-state index contributed by atoms with van der Waals surface area (Å²) in [5.41, 5.74) is 8.13. The summed E-state index contributed by atoms with van der Waals surface area (Å²) in [6, 6.07) is 15.2. The average Bonchev–Trinajstić information content (AvgIpc) is 3.39. The number of carbonyl (C=O) groups is 3. The van der Waals surface area contributed by atoms with E-state index >= 15 is 0 Å². The maximum absolute atomic E-state index is 13.7. The molecule has 2 saturated heterocycles. The van der Waals surface area contributed by atoms with Crippen LogP contribution >= 0.6 is 0 Å².